The third-order valence-corrected chi connectivity index (χ3v) is 3.65. The number of rotatable bonds is 2. The van der Waals surface area contributed by atoms with Crippen molar-refractivity contribution in [1.29, 1.82) is 0 Å². The minimum Gasteiger partial charge on any atom is -0.383 e. The number of thiophene rings is 1. The van der Waals surface area contributed by atoms with Crippen LogP contribution in [-0.4, -0.2) is 15.3 Å². The molecule has 0 bridgehead atoms. The first kappa shape index (κ1) is 8.93. The van der Waals surface area contributed by atoms with E-state index in [0.29, 0.717) is 0 Å². The summed E-state index contributed by atoms with van der Waals surface area (Å²) in [4.78, 5) is 0.904. The zero-order valence-corrected chi connectivity index (χ0v) is 8.97. The average Bonchev–Trinajstić information content (AvgIpc) is 2.72. The molecular weight excluding hydrogens is 252 g/mol. The predicted molar refractivity (Wildman–Crippen MR) is 54.7 cm³/mol. The molecule has 0 aromatic carbocycles. The summed E-state index contributed by atoms with van der Waals surface area (Å²) in [5.41, 5.74) is 0.781. The Balaban J connectivity index is 2.33. The molecule has 2 heterocycles. The molecule has 0 radical (unpaired) electrons. The van der Waals surface area contributed by atoms with Gasteiger partial charge in [-0.05, 0) is 27.4 Å². The van der Waals surface area contributed by atoms with E-state index < -0.39 is 6.10 Å². The molecule has 68 valence electrons. The van der Waals surface area contributed by atoms with Gasteiger partial charge < -0.3 is 5.11 Å². The fourth-order valence-corrected chi connectivity index (χ4v) is 2.66. The van der Waals surface area contributed by atoms with Gasteiger partial charge in [-0.1, -0.05) is 0 Å². The summed E-state index contributed by atoms with van der Waals surface area (Å²) in [6.45, 7) is 0. The van der Waals surface area contributed by atoms with Gasteiger partial charge in [-0.2, -0.15) is 5.10 Å². The summed E-state index contributed by atoms with van der Waals surface area (Å²) in [5.74, 6) is 0. The zero-order valence-electron chi connectivity index (χ0n) is 6.57. The van der Waals surface area contributed by atoms with Gasteiger partial charge >= 0.3 is 0 Å². The Morgan fingerprint density at radius 3 is 3.00 bits per heavy atom. The van der Waals surface area contributed by atoms with Gasteiger partial charge in [0.2, 0.25) is 0 Å². The number of aliphatic hydroxyl groups is 1. The fourth-order valence-electron chi connectivity index (χ4n) is 1.06. The van der Waals surface area contributed by atoms with E-state index in [2.05, 4.69) is 26.1 Å². The average molecular weight is 259 g/mol. The maximum Gasteiger partial charge on any atom is 0.117 e. The van der Waals surface area contributed by atoms with Crippen molar-refractivity contribution in [3.63, 3.8) is 0 Å². The first-order valence-corrected chi connectivity index (χ1v) is 5.36. The Morgan fingerprint density at radius 1 is 1.62 bits per heavy atom. The zero-order chi connectivity index (χ0) is 9.26. The van der Waals surface area contributed by atoms with E-state index in [1.165, 1.54) is 11.3 Å². The van der Waals surface area contributed by atoms with Crippen LogP contribution in [0.15, 0.2) is 28.3 Å². The van der Waals surface area contributed by atoms with Crippen molar-refractivity contribution in [2.24, 2.45) is 0 Å². The summed E-state index contributed by atoms with van der Waals surface area (Å²) >= 11 is 4.89. The maximum absolute atomic E-state index is 9.87. The van der Waals surface area contributed by atoms with Crippen molar-refractivity contribution in [3.05, 3.63) is 38.8 Å². The second-order valence-electron chi connectivity index (χ2n) is 2.57. The number of aliphatic hydroxyl groups excluding tert-OH is 1. The summed E-state index contributed by atoms with van der Waals surface area (Å²) in [6.07, 6.45) is 2.72. The molecule has 3 nitrogen and oxygen atoms in total. The van der Waals surface area contributed by atoms with Crippen LogP contribution in [0.3, 0.4) is 0 Å². The van der Waals surface area contributed by atoms with E-state index in [-0.39, 0.29) is 0 Å². The van der Waals surface area contributed by atoms with Gasteiger partial charge in [0.1, 0.15) is 6.10 Å². The number of H-pyrrole nitrogens is 1. The van der Waals surface area contributed by atoms with Crippen LogP contribution in [0.5, 0.6) is 0 Å². The van der Waals surface area contributed by atoms with E-state index >= 15 is 0 Å². The smallest absolute Gasteiger partial charge is 0.117 e. The molecule has 1 atom stereocenters. The van der Waals surface area contributed by atoms with Crippen molar-refractivity contribution in [3.8, 4) is 0 Å². The molecule has 0 aliphatic carbocycles. The fraction of sp³-hybridized carbons (Fsp3) is 0.125. The van der Waals surface area contributed by atoms with Gasteiger partial charge in [0, 0.05) is 16.2 Å². The second-order valence-corrected chi connectivity index (χ2v) is 4.37. The molecular formula is C8H7BrN2OS. The van der Waals surface area contributed by atoms with Crippen LogP contribution in [0.1, 0.15) is 16.5 Å². The number of halogens is 1. The number of nitrogens with one attached hydrogen (secondary N) is 1. The van der Waals surface area contributed by atoms with Crippen molar-refractivity contribution < 1.29 is 5.11 Å². The van der Waals surface area contributed by atoms with Gasteiger partial charge in [0.05, 0.1) is 11.1 Å². The number of hydrogen-bond donors (Lipinski definition) is 2. The lowest BCUT2D eigenvalue weighted by atomic mass is 10.2. The normalized spacial score (nSPS) is 13.1. The summed E-state index contributed by atoms with van der Waals surface area (Å²) in [7, 11) is 0. The molecule has 1 unspecified atom stereocenters. The van der Waals surface area contributed by atoms with Gasteiger partial charge in [-0.15, -0.1) is 11.3 Å². The molecule has 0 fully saturated rings. The summed E-state index contributed by atoms with van der Waals surface area (Å²) in [5, 5.41) is 18.3. The molecule has 0 saturated carbocycles. The Kier molecular flexibility index (Phi) is 2.48. The Bertz CT molecular complexity index is 385. The van der Waals surface area contributed by atoms with Gasteiger partial charge in [-0.3, -0.25) is 5.10 Å². The first-order valence-electron chi connectivity index (χ1n) is 3.68. The third kappa shape index (κ3) is 1.67. The van der Waals surface area contributed by atoms with Crippen molar-refractivity contribution >= 4 is 27.3 Å². The lowest BCUT2D eigenvalue weighted by molar-refractivity contribution is 0.223. The van der Waals surface area contributed by atoms with E-state index in [0.717, 1.165) is 14.9 Å². The quantitative estimate of drug-likeness (QED) is 0.869. The van der Waals surface area contributed by atoms with Gasteiger partial charge in [-0.25, -0.2) is 0 Å². The molecule has 2 rings (SSSR count). The van der Waals surface area contributed by atoms with Crippen LogP contribution in [-0.2, 0) is 0 Å². The van der Waals surface area contributed by atoms with Crippen LogP contribution in [0.2, 0.25) is 0 Å². The molecule has 0 saturated heterocycles. The van der Waals surface area contributed by atoms with Crippen molar-refractivity contribution in [2.75, 3.05) is 0 Å². The minimum absolute atomic E-state index is 0.590. The van der Waals surface area contributed by atoms with Crippen molar-refractivity contribution in [1.82, 2.24) is 10.2 Å². The summed E-state index contributed by atoms with van der Waals surface area (Å²) < 4.78 is 0.936. The highest BCUT2D eigenvalue weighted by molar-refractivity contribution is 9.10. The Labute approximate surface area is 87.6 Å². The van der Waals surface area contributed by atoms with Crippen LogP contribution in [0, 0.1) is 0 Å². The predicted octanol–water partition coefficient (Wildman–Crippen LogP) is 2.32. The molecule has 2 aromatic rings. The van der Waals surface area contributed by atoms with Crippen LogP contribution >= 0.6 is 27.3 Å². The first-order chi connectivity index (χ1) is 6.29. The third-order valence-electron chi connectivity index (χ3n) is 1.73. The van der Waals surface area contributed by atoms with Crippen LogP contribution < -0.4 is 0 Å². The van der Waals surface area contributed by atoms with Gasteiger partial charge in [0.15, 0.2) is 0 Å². The number of aromatic amines is 1. The topological polar surface area (TPSA) is 48.9 Å². The molecule has 5 heteroatoms. The second kappa shape index (κ2) is 3.61. The standard InChI is InChI=1S/C8H7BrN2OS/c9-6-1-2-13-8(6)7(12)5-3-10-11-4-5/h1-4,7,12H,(H,10,11). The lowest BCUT2D eigenvalue weighted by Gasteiger charge is -2.05. The molecule has 0 spiro atoms. The van der Waals surface area contributed by atoms with Crippen LogP contribution in [0.4, 0.5) is 0 Å². The highest BCUT2D eigenvalue weighted by Gasteiger charge is 2.15. The summed E-state index contributed by atoms with van der Waals surface area (Å²) in [6, 6.07) is 1.92. The van der Waals surface area contributed by atoms with E-state index in [9.17, 15) is 5.11 Å². The lowest BCUT2D eigenvalue weighted by Crippen LogP contribution is -1.95. The largest absolute Gasteiger partial charge is 0.383 e. The molecule has 13 heavy (non-hydrogen) atoms. The molecule has 2 N–H and O–H groups in total. The maximum atomic E-state index is 9.87. The van der Waals surface area contributed by atoms with Gasteiger partial charge in [0.25, 0.3) is 0 Å². The minimum atomic E-state index is -0.590. The number of aromatic nitrogens is 2. The SMILES string of the molecule is OC(c1cn[nH]c1)c1sccc1Br. The van der Waals surface area contributed by atoms with Crippen LogP contribution in [0.25, 0.3) is 0 Å². The molecule has 0 amide bonds. The highest BCUT2D eigenvalue weighted by atomic mass is 79.9. The van der Waals surface area contributed by atoms with E-state index in [1.54, 1.807) is 12.4 Å². The number of nitrogens with zero attached hydrogens (tertiary/aromatic N) is 1. The molecule has 0 aliphatic heterocycles. The monoisotopic (exact) mass is 258 g/mol. The number of hydrogen-bond acceptors (Lipinski definition) is 3. The Hall–Kier alpha value is -0.650. The molecule has 0 aliphatic rings. The van der Waals surface area contributed by atoms with E-state index in [1.807, 2.05) is 11.4 Å². The Morgan fingerprint density at radius 2 is 2.46 bits per heavy atom. The van der Waals surface area contributed by atoms with E-state index in [4.69, 9.17) is 0 Å². The molecule has 2 aromatic heterocycles. The van der Waals surface area contributed by atoms with Crippen molar-refractivity contribution in [2.45, 2.75) is 6.10 Å². The highest BCUT2D eigenvalue weighted by Crippen LogP contribution is 2.32.